The number of urea groups is 1. The predicted octanol–water partition coefficient (Wildman–Crippen LogP) is 1.92. The van der Waals surface area contributed by atoms with Gasteiger partial charge in [0.1, 0.15) is 5.69 Å². The summed E-state index contributed by atoms with van der Waals surface area (Å²) in [6, 6.07) is 5.23. The van der Waals surface area contributed by atoms with Crippen LogP contribution in [0.25, 0.3) is 22.4 Å². The van der Waals surface area contributed by atoms with Crippen LogP contribution in [0.5, 0.6) is 0 Å². The van der Waals surface area contributed by atoms with Crippen LogP contribution in [0, 0.1) is 11.2 Å². The minimum absolute atomic E-state index is 0.0337. The van der Waals surface area contributed by atoms with Gasteiger partial charge in [0, 0.05) is 19.2 Å². The van der Waals surface area contributed by atoms with Crippen molar-refractivity contribution in [2.45, 2.75) is 38.5 Å². The average Bonchev–Trinajstić information content (AvgIpc) is 3.21. The number of hydrogen-bond donors (Lipinski definition) is 2. The zero-order valence-corrected chi connectivity index (χ0v) is 18.3. The molecule has 3 aromatic rings. The van der Waals surface area contributed by atoms with E-state index in [1.807, 2.05) is 6.92 Å². The third-order valence-corrected chi connectivity index (χ3v) is 6.87. The smallest absolute Gasteiger partial charge is 0.328 e. The van der Waals surface area contributed by atoms with E-state index in [0.717, 1.165) is 0 Å². The third-order valence-electron chi connectivity index (χ3n) is 6.87. The van der Waals surface area contributed by atoms with Crippen molar-refractivity contribution in [3.63, 3.8) is 0 Å². The summed E-state index contributed by atoms with van der Waals surface area (Å²) in [6.45, 7) is 3.81. The minimum Gasteiger partial charge on any atom is -0.372 e. The van der Waals surface area contributed by atoms with Crippen molar-refractivity contribution in [3.8, 4) is 11.4 Å². The van der Waals surface area contributed by atoms with Crippen molar-refractivity contribution in [2.75, 3.05) is 11.4 Å². The topological polar surface area (TPSA) is 127 Å². The average molecular weight is 465 g/mol. The summed E-state index contributed by atoms with van der Waals surface area (Å²) in [4.78, 5) is 44.3. The molecule has 2 fully saturated rings. The highest BCUT2D eigenvalue weighted by Crippen LogP contribution is 2.49. The van der Waals surface area contributed by atoms with Crippen LogP contribution in [0.3, 0.4) is 0 Å². The zero-order chi connectivity index (χ0) is 23.8. The van der Waals surface area contributed by atoms with Gasteiger partial charge in [-0.1, -0.05) is 11.2 Å². The van der Waals surface area contributed by atoms with Gasteiger partial charge in [-0.2, -0.15) is 0 Å². The highest BCUT2D eigenvalue weighted by Gasteiger charge is 2.63. The predicted molar refractivity (Wildman–Crippen MR) is 116 cm³/mol. The quantitative estimate of drug-likeness (QED) is 0.522. The van der Waals surface area contributed by atoms with E-state index in [-0.39, 0.29) is 30.3 Å². The number of anilines is 1. The molecule has 0 unspecified atom stereocenters. The fourth-order valence-electron chi connectivity index (χ4n) is 5.64. The number of fused-ring (bicyclic) bond motifs is 5. The maximum absolute atomic E-state index is 16.0. The molecule has 6 rings (SSSR count). The fraction of sp³-hybridized carbons (Fsp3) is 0.348. The molecule has 11 heteroatoms. The number of barbiturate groups is 1. The molecule has 0 aliphatic carbocycles. The number of morpholine rings is 1. The summed E-state index contributed by atoms with van der Waals surface area (Å²) in [7, 11) is 0. The van der Waals surface area contributed by atoms with E-state index in [2.05, 4.69) is 20.8 Å². The molecular formula is C23H20FN5O5. The number of carbonyl (C=O) groups excluding carboxylic acids is 3. The first-order valence-electron chi connectivity index (χ1n) is 10.9. The van der Waals surface area contributed by atoms with Crippen LogP contribution in [0.1, 0.15) is 19.4 Å². The number of hydrogen-bond acceptors (Lipinski definition) is 8. The monoisotopic (exact) mass is 465 g/mol. The van der Waals surface area contributed by atoms with Gasteiger partial charge in [-0.25, -0.2) is 9.18 Å². The molecule has 2 saturated heterocycles. The number of rotatable bonds is 1. The summed E-state index contributed by atoms with van der Waals surface area (Å²) in [5.74, 6) is -2.10. The SMILES string of the molecule is C[C@@H]1CN2c3c(cc4c(-c5ccccn5)noc4c3F)CC3(C(=O)NC(=O)NC3=O)[C@H]2[C@H](C)O1. The van der Waals surface area contributed by atoms with Crippen molar-refractivity contribution in [2.24, 2.45) is 5.41 Å². The molecule has 0 bridgehead atoms. The van der Waals surface area contributed by atoms with E-state index in [0.29, 0.717) is 22.3 Å². The van der Waals surface area contributed by atoms with E-state index < -0.39 is 41.2 Å². The Morgan fingerprint density at radius 1 is 1.18 bits per heavy atom. The first kappa shape index (κ1) is 20.7. The van der Waals surface area contributed by atoms with Gasteiger partial charge in [0.15, 0.2) is 11.2 Å². The second kappa shape index (κ2) is 7.07. The van der Waals surface area contributed by atoms with Crippen molar-refractivity contribution in [1.82, 2.24) is 20.8 Å². The van der Waals surface area contributed by atoms with E-state index in [9.17, 15) is 14.4 Å². The lowest BCUT2D eigenvalue weighted by molar-refractivity contribution is -0.153. The highest BCUT2D eigenvalue weighted by molar-refractivity contribution is 6.20. The lowest BCUT2D eigenvalue weighted by atomic mass is 9.66. The largest absolute Gasteiger partial charge is 0.372 e. The van der Waals surface area contributed by atoms with Crippen LogP contribution < -0.4 is 15.5 Å². The molecule has 5 heterocycles. The van der Waals surface area contributed by atoms with Gasteiger partial charge in [0.05, 0.1) is 35.0 Å². The van der Waals surface area contributed by atoms with Crippen molar-refractivity contribution in [1.29, 1.82) is 0 Å². The molecule has 0 saturated carbocycles. The molecule has 174 valence electrons. The summed E-state index contributed by atoms with van der Waals surface area (Å²) in [6.07, 6.45) is 0.569. The first-order chi connectivity index (χ1) is 16.3. The Morgan fingerprint density at radius 2 is 1.94 bits per heavy atom. The Balaban J connectivity index is 1.61. The molecule has 3 atom stereocenters. The molecule has 10 nitrogen and oxygen atoms in total. The Morgan fingerprint density at radius 3 is 2.65 bits per heavy atom. The minimum atomic E-state index is -1.69. The van der Waals surface area contributed by atoms with Crippen LogP contribution in [0.4, 0.5) is 14.9 Å². The number of pyridine rings is 1. The zero-order valence-electron chi connectivity index (χ0n) is 18.3. The fourth-order valence-corrected chi connectivity index (χ4v) is 5.64. The molecule has 3 aliphatic rings. The Bertz CT molecular complexity index is 1350. The van der Waals surface area contributed by atoms with Crippen molar-refractivity contribution < 1.29 is 28.0 Å². The van der Waals surface area contributed by atoms with Gasteiger partial charge < -0.3 is 14.2 Å². The first-order valence-corrected chi connectivity index (χ1v) is 10.9. The summed E-state index contributed by atoms with van der Waals surface area (Å²) >= 11 is 0. The summed E-state index contributed by atoms with van der Waals surface area (Å²) in [5.41, 5.74) is -0.202. The van der Waals surface area contributed by atoms with E-state index in [1.165, 1.54) is 0 Å². The van der Waals surface area contributed by atoms with Crippen molar-refractivity contribution in [3.05, 3.63) is 41.8 Å². The molecule has 3 aliphatic heterocycles. The van der Waals surface area contributed by atoms with Crippen LogP contribution in [0.15, 0.2) is 35.0 Å². The van der Waals surface area contributed by atoms with Crippen LogP contribution in [-0.2, 0) is 20.7 Å². The highest BCUT2D eigenvalue weighted by atomic mass is 19.1. The van der Waals surface area contributed by atoms with Gasteiger partial charge in [-0.3, -0.25) is 25.2 Å². The van der Waals surface area contributed by atoms with Gasteiger partial charge >= 0.3 is 6.03 Å². The lowest BCUT2D eigenvalue weighted by Gasteiger charge is -2.55. The Hall–Kier alpha value is -3.86. The maximum Gasteiger partial charge on any atom is 0.328 e. The van der Waals surface area contributed by atoms with E-state index >= 15 is 4.39 Å². The summed E-state index contributed by atoms with van der Waals surface area (Å²) < 4.78 is 27.4. The molecule has 4 amide bonds. The number of benzene rings is 1. The molecule has 2 N–H and O–H groups in total. The molecule has 1 spiro atoms. The number of nitrogens with zero attached hydrogens (tertiary/aromatic N) is 3. The molecular weight excluding hydrogens is 445 g/mol. The number of halogens is 1. The second-order valence-electron chi connectivity index (χ2n) is 8.96. The number of amides is 4. The molecule has 2 aromatic heterocycles. The molecule has 1 aromatic carbocycles. The standard InChI is InChI=1S/C23H20FN5O5/c1-10-9-29-17-12(7-13-16(14-5-3-4-6-25-14)28-34-18(13)15(17)24)8-23(19(29)11(2)33-10)20(30)26-22(32)27-21(23)31/h3-7,10-11,19H,8-9H2,1-2H3,(H2,26,27,30,31,32)/t10-,11+,19-/m1/s1. The van der Waals surface area contributed by atoms with E-state index in [4.69, 9.17) is 9.26 Å². The van der Waals surface area contributed by atoms with Crippen LogP contribution >= 0.6 is 0 Å². The molecule has 0 radical (unpaired) electrons. The van der Waals surface area contributed by atoms with Gasteiger partial charge in [0.2, 0.25) is 17.4 Å². The third kappa shape index (κ3) is 2.67. The number of imide groups is 2. The lowest BCUT2D eigenvalue weighted by Crippen LogP contribution is -2.75. The number of ether oxygens (including phenoxy) is 1. The van der Waals surface area contributed by atoms with Crippen molar-refractivity contribution >= 4 is 34.5 Å². The van der Waals surface area contributed by atoms with Crippen LogP contribution in [0.2, 0.25) is 0 Å². The number of nitrogens with one attached hydrogen (secondary N) is 2. The number of carbonyl (C=O) groups is 3. The van der Waals surface area contributed by atoms with Crippen LogP contribution in [-0.4, -0.2) is 52.8 Å². The van der Waals surface area contributed by atoms with Gasteiger partial charge in [0.25, 0.3) is 0 Å². The van der Waals surface area contributed by atoms with Gasteiger partial charge in [-0.05, 0) is 37.6 Å². The van der Waals surface area contributed by atoms with Gasteiger partial charge in [-0.15, -0.1) is 0 Å². The van der Waals surface area contributed by atoms with E-state index in [1.54, 1.807) is 42.3 Å². The normalized spacial score (nSPS) is 25.7. The number of aromatic nitrogens is 2. The molecule has 34 heavy (non-hydrogen) atoms. The second-order valence-corrected chi connectivity index (χ2v) is 8.96. The summed E-state index contributed by atoms with van der Waals surface area (Å²) in [5, 5.41) is 8.88. The Kier molecular flexibility index (Phi) is 4.31. The Labute approximate surface area is 192 Å². The maximum atomic E-state index is 16.0.